The van der Waals surface area contributed by atoms with Crippen molar-refractivity contribution in [2.45, 2.75) is 13.0 Å². The number of halogens is 2. The molecule has 0 saturated carbocycles. The highest BCUT2D eigenvalue weighted by atomic mass is 35.5. The molecule has 1 atom stereocenters. The van der Waals surface area contributed by atoms with E-state index in [2.05, 4.69) is 17.3 Å². The summed E-state index contributed by atoms with van der Waals surface area (Å²) in [6, 6.07) is 5.66. The summed E-state index contributed by atoms with van der Waals surface area (Å²) in [6.07, 6.45) is 1.29. The largest absolute Gasteiger partial charge is 0.312 e. The summed E-state index contributed by atoms with van der Waals surface area (Å²) in [5.41, 5.74) is 1.11. The molecule has 1 aromatic carbocycles. The summed E-state index contributed by atoms with van der Waals surface area (Å²) in [7, 11) is 2.18. The summed E-state index contributed by atoms with van der Waals surface area (Å²) >= 11 is 12.0. The molecule has 1 heterocycles. The summed E-state index contributed by atoms with van der Waals surface area (Å²) in [4.78, 5) is 2.38. The van der Waals surface area contributed by atoms with E-state index in [1.165, 1.54) is 19.5 Å². The maximum absolute atomic E-state index is 6.12. The Labute approximate surface area is 113 Å². The third kappa shape index (κ3) is 3.85. The minimum atomic E-state index is 0.691. The Kier molecular flexibility index (Phi) is 4.69. The van der Waals surface area contributed by atoms with Crippen molar-refractivity contribution < 1.29 is 0 Å². The molecule has 1 aliphatic rings. The van der Waals surface area contributed by atoms with Crippen LogP contribution in [0.2, 0.25) is 10.0 Å². The van der Waals surface area contributed by atoms with Crippen LogP contribution < -0.4 is 5.32 Å². The zero-order valence-electron chi connectivity index (χ0n) is 10.0. The first-order valence-electron chi connectivity index (χ1n) is 5.98. The molecule has 0 aromatic heterocycles. The first-order chi connectivity index (χ1) is 8.15. The van der Waals surface area contributed by atoms with Gasteiger partial charge in [-0.05, 0) is 50.2 Å². The van der Waals surface area contributed by atoms with Crippen LogP contribution in [0.25, 0.3) is 0 Å². The molecular weight excluding hydrogens is 255 g/mol. The molecule has 2 rings (SSSR count). The van der Waals surface area contributed by atoms with E-state index in [-0.39, 0.29) is 0 Å². The van der Waals surface area contributed by atoms with Crippen molar-refractivity contribution in [2.24, 2.45) is 5.92 Å². The average molecular weight is 273 g/mol. The highest BCUT2D eigenvalue weighted by molar-refractivity contribution is 6.35. The lowest BCUT2D eigenvalue weighted by Crippen LogP contribution is -2.24. The van der Waals surface area contributed by atoms with Crippen molar-refractivity contribution >= 4 is 23.2 Å². The highest BCUT2D eigenvalue weighted by Crippen LogP contribution is 2.21. The van der Waals surface area contributed by atoms with Crippen molar-refractivity contribution in [3.05, 3.63) is 33.8 Å². The third-order valence-electron chi connectivity index (χ3n) is 3.25. The molecule has 1 aromatic rings. The molecule has 1 N–H and O–H groups in total. The Morgan fingerprint density at radius 1 is 1.41 bits per heavy atom. The number of nitrogens with zero attached hydrogens (tertiary/aromatic N) is 1. The minimum Gasteiger partial charge on any atom is -0.312 e. The van der Waals surface area contributed by atoms with E-state index in [4.69, 9.17) is 23.2 Å². The van der Waals surface area contributed by atoms with Crippen LogP contribution in [0.4, 0.5) is 0 Å². The van der Waals surface area contributed by atoms with E-state index < -0.39 is 0 Å². The van der Waals surface area contributed by atoms with Crippen LogP contribution >= 0.6 is 23.2 Å². The fourth-order valence-electron chi connectivity index (χ4n) is 2.27. The fourth-order valence-corrected chi connectivity index (χ4v) is 2.74. The quantitative estimate of drug-likeness (QED) is 0.907. The van der Waals surface area contributed by atoms with Gasteiger partial charge in [-0.25, -0.2) is 0 Å². The molecule has 1 aliphatic heterocycles. The average Bonchev–Trinajstić information content (AvgIpc) is 2.68. The normalized spacial score (nSPS) is 21.0. The smallest absolute Gasteiger partial charge is 0.0465 e. The zero-order chi connectivity index (χ0) is 12.3. The molecule has 0 spiro atoms. The van der Waals surface area contributed by atoms with Gasteiger partial charge in [-0.15, -0.1) is 0 Å². The SMILES string of the molecule is CN1CCC(CNCc2ccc(Cl)cc2Cl)C1. The molecule has 4 heteroatoms. The molecule has 94 valence electrons. The Morgan fingerprint density at radius 2 is 2.24 bits per heavy atom. The second-order valence-corrected chi connectivity index (χ2v) is 5.63. The van der Waals surface area contributed by atoms with Gasteiger partial charge in [0.15, 0.2) is 0 Å². The molecule has 2 nitrogen and oxygen atoms in total. The topological polar surface area (TPSA) is 15.3 Å². The predicted molar refractivity (Wildman–Crippen MR) is 73.8 cm³/mol. The summed E-state index contributed by atoms with van der Waals surface area (Å²) in [5.74, 6) is 0.770. The summed E-state index contributed by atoms with van der Waals surface area (Å²) in [6.45, 7) is 4.29. The predicted octanol–water partition coefficient (Wildman–Crippen LogP) is 3.03. The van der Waals surface area contributed by atoms with Crippen LogP contribution in [0.5, 0.6) is 0 Å². The van der Waals surface area contributed by atoms with Gasteiger partial charge >= 0.3 is 0 Å². The van der Waals surface area contributed by atoms with Gasteiger partial charge in [0.1, 0.15) is 0 Å². The molecule has 1 fully saturated rings. The van der Waals surface area contributed by atoms with Gasteiger partial charge in [-0.2, -0.15) is 0 Å². The number of rotatable bonds is 4. The standard InChI is InChI=1S/C13H18Cl2N2/c1-17-5-4-10(9-17)7-16-8-11-2-3-12(14)6-13(11)15/h2-3,6,10,16H,4-5,7-9H2,1H3. The lowest BCUT2D eigenvalue weighted by molar-refractivity contribution is 0.388. The molecular formula is C13H18Cl2N2. The van der Waals surface area contributed by atoms with Crippen molar-refractivity contribution in [3.63, 3.8) is 0 Å². The Morgan fingerprint density at radius 3 is 2.88 bits per heavy atom. The van der Waals surface area contributed by atoms with E-state index in [0.29, 0.717) is 5.02 Å². The number of hydrogen-bond acceptors (Lipinski definition) is 2. The number of likely N-dealkylation sites (tertiary alicyclic amines) is 1. The first-order valence-corrected chi connectivity index (χ1v) is 6.74. The fraction of sp³-hybridized carbons (Fsp3) is 0.538. The van der Waals surface area contributed by atoms with Crippen LogP contribution in [0.1, 0.15) is 12.0 Å². The van der Waals surface area contributed by atoms with E-state index >= 15 is 0 Å². The lowest BCUT2D eigenvalue weighted by Gasteiger charge is -2.12. The van der Waals surface area contributed by atoms with Gasteiger partial charge < -0.3 is 10.2 Å². The second-order valence-electron chi connectivity index (χ2n) is 4.78. The minimum absolute atomic E-state index is 0.691. The third-order valence-corrected chi connectivity index (χ3v) is 3.84. The molecule has 1 saturated heterocycles. The number of hydrogen-bond donors (Lipinski definition) is 1. The van der Waals surface area contributed by atoms with Gasteiger partial charge in [0.05, 0.1) is 0 Å². The molecule has 0 amide bonds. The second kappa shape index (κ2) is 6.05. The maximum Gasteiger partial charge on any atom is 0.0465 e. The number of benzene rings is 1. The van der Waals surface area contributed by atoms with E-state index in [1.807, 2.05) is 12.1 Å². The van der Waals surface area contributed by atoms with Crippen molar-refractivity contribution in [2.75, 3.05) is 26.7 Å². The monoisotopic (exact) mass is 272 g/mol. The Balaban J connectivity index is 1.78. The van der Waals surface area contributed by atoms with Gasteiger partial charge in [0.25, 0.3) is 0 Å². The van der Waals surface area contributed by atoms with E-state index in [9.17, 15) is 0 Å². The molecule has 1 unspecified atom stereocenters. The van der Waals surface area contributed by atoms with Crippen molar-refractivity contribution in [3.8, 4) is 0 Å². The highest BCUT2D eigenvalue weighted by Gasteiger charge is 2.18. The maximum atomic E-state index is 6.12. The Hall–Kier alpha value is -0.280. The van der Waals surface area contributed by atoms with Crippen LogP contribution in [0.15, 0.2) is 18.2 Å². The number of nitrogens with one attached hydrogen (secondary N) is 1. The molecule has 0 bridgehead atoms. The molecule has 0 aliphatic carbocycles. The summed E-state index contributed by atoms with van der Waals surface area (Å²) in [5, 5.41) is 4.91. The van der Waals surface area contributed by atoms with Crippen molar-refractivity contribution in [1.29, 1.82) is 0 Å². The van der Waals surface area contributed by atoms with Crippen LogP contribution in [-0.4, -0.2) is 31.6 Å². The zero-order valence-corrected chi connectivity index (χ0v) is 11.6. The van der Waals surface area contributed by atoms with Gasteiger partial charge in [-0.3, -0.25) is 0 Å². The van der Waals surface area contributed by atoms with Crippen LogP contribution in [0.3, 0.4) is 0 Å². The van der Waals surface area contributed by atoms with Gasteiger partial charge in [-0.1, -0.05) is 29.3 Å². The van der Waals surface area contributed by atoms with Gasteiger partial charge in [0, 0.05) is 23.1 Å². The van der Waals surface area contributed by atoms with Crippen LogP contribution in [0, 0.1) is 5.92 Å². The first kappa shape index (κ1) is 13.2. The van der Waals surface area contributed by atoms with E-state index in [0.717, 1.165) is 29.6 Å². The summed E-state index contributed by atoms with van der Waals surface area (Å²) < 4.78 is 0. The Bertz CT molecular complexity index is 382. The van der Waals surface area contributed by atoms with E-state index in [1.54, 1.807) is 6.07 Å². The van der Waals surface area contributed by atoms with Crippen molar-refractivity contribution in [1.82, 2.24) is 10.2 Å². The lowest BCUT2D eigenvalue weighted by atomic mass is 10.1. The molecule has 17 heavy (non-hydrogen) atoms. The molecule has 0 radical (unpaired) electrons. The van der Waals surface area contributed by atoms with Crippen LogP contribution in [-0.2, 0) is 6.54 Å². The van der Waals surface area contributed by atoms with Gasteiger partial charge in [0.2, 0.25) is 0 Å².